The molecular formula is C20H33ClN4O3. The average molecular weight is 413 g/mol. The van der Waals surface area contributed by atoms with E-state index in [-0.39, 0.29) is 42.1 Å². The standard InChI is InChI=1S/C20H32N4O3.ClH/c1-20(2,3)23-19(26)27-17-9-13-7-15(8-14(13)10-17)22-12-18(25)24-6-4-5-16(24)11-21;/h13-17,22H,4-10,12H2,1-3H3,(H,23,26);1H. The smallest absolute Gasteiger partial charge is 0.407 e. The minimum Gasteiger partial charge on any atom is -0.446 e. The molecule has 0 aromatic carbocycles. The van der Waals surface area contributed by atoms with E-state index in [1.54, 1.807) is 4.90 Å². The molecule has 3 fully saturated rings. The van der Waals surface area contributed by atoms with Crippen LogP contribution in [0.1, 0.15) is 59.3 Å². The molecule has 2 amide bonds. The lowest BCUT2D eigenvalue weighted by Crippen LogP contribution is -2.43. The summed E-state index contributed by atoms with van der Waals surface area (Å²) in [4.78, 5) is 26.0. The van der Waals surface area contributed by atoms with Crippen LogP contribution in [0.5, 0.6) is 0 Å². The molecule has 1 saturated heterocycles. The zero-order valence-electron chi connectivity index (χ0n) is 17.1. The van der Waals surface area contributed by atoms with Gasteiger partial charge in [0.2, 0.25) is 5.91 Å². The number of carbonyl (C=O) groups is 2. The van der Waals surface area contributed by atoms with E-state index < -0.39 is 0 Å². The fourth-order valence-corrected chi connectivity index (χ4v) is 4.84. The second-order valence-corrected chi connectivity index (χ2v) is 9.32. The Morgan fingerprint density at radius 1 is 1.18 bits per heavy atom. The van der Waals surface area contributed by atoms with Gasteiger partial charge in [0.1, 0.15) is 12.1 Å². The fourth-order valence-electron chi connectivity index (χ4n) is 4.84. The number of halogens is 1. The molecule has 2 saturated carbocycles. The van der Waals surface area contributed by atoms with Crippen LogP contribution >= 0.6 is 12.4 Å². The van der Waals surface area contributed by atoms with Crippen LogP contribution in [0.2, 0.25) is 0 Å². The lowest BCUT2D eigenvalue weighted by Gasteiger charge is -2.23. The first-order valence-electron chi connectivity index (χ1n) is 10.2. The maximum Gasteiger partial charge on any atom is 0.407 e. The number of hydrogen-bond donors (Lipinski definition) is 2. The largest absolute Gasteiger partial charge is 0.446 e. The fraction of sp³-hybridized carbons (Fsp3) is 0.850. The third-order valence-corrected chi connectivity index (χ3v) is 5.99. The first kappa shape index (κ1) is 22.8. The summed E-state index contributed by atoms with van der Waals surface area (Å²) >= 11 is 0. The molecule has 0 bridgehead atoms. The molecule has 0 aromatic heterocycles. The first-order valence-corrected chi connectivity index (χ1v) is 10.2. The third kappa shape index (κ3) is 5.74. The number of amides is 2. The van der Waals surface area contributed by atoms with Gasteiger partial charge in [-0.25, -0.2) is 4.79 Å². The first-order chi connectivity index (χ1) is 12.7. The number of likely N-dealkylation sites (tertiary alicyclic amines) is 1. The van der Waals surface area contributed by atoms with Gasteiger partial charge in [-0.3, -0.25) is 4.79 Å². The normalized spacial score (nSPS) is 31.6. The Bertz CT molecular complexity index is 602. The van der Waals surface area contributed by atoms with E-state index in [0.717, 1.165) is 38.5 Å². The summed E-state index contributed by atoms with van der Waals surface area (Å²) in [6.45, 7) is 6.84. The van der Waals surface area contributed by atoms with E-state index in [1.807, 2.05) is 20.8 Å². The van der Waals surface area contributed by atoms with Crippen molar-refractivity contribution in [1.29, 1.82) is 5.26 Å². The van der Waals surface area contributed by atoms with Gasteiger partial charge in [-0.15, -0.1) is 12.4 Å². The van der Waals surface area contributed by atoms with Crippen LogP contribution in [-0.4, -0.2) is 53.7 Å². The highest BCUT2D eigenvalue weighted by molar-refractivity contribution is 5.85. The molecule has 28 heavy (non-hydrogen) atoms. The number of rotatable bonds is 4. The van der Waals surface area contributed by atoms with E-state index in [1.165, 1.54) is 0 Å². The van der Waals surface area contributed by atoms with Crippen LogP contribution in [0, 0.1) is 23.2 Å². The quantitative estimate of drug-likeness (QED) is 0.740. The van der Waals surface area contributed by atoms with Crippen LogP contribution < -0.4 is 10.6 Å². The Morgan fingerprint density at radius 3 is 2.39 bits per heavy atom. The Kier molecular flexibility index (Phi) is 7.58. The highest BCUT2D eigenvalue weighted by Crippen LogP contribution is 2.45. The number of nitrogens with zero attached hydrogens (tertiary/aromatic N) is 2. The summed E-state index contributed by atoms with van der Waals surface area (Å²) in [7, 11) is 0. The molecule has 2 aliphatic carbocycles. The summed E-state index contributed by atoms with van der Waals surface area (Å²) in [5, 5.41) is 15.4. The monoisotopic (exact) mass is 412 g/mol. The van der Waals surface area contributed by atoms with Gasteiger partial charge < -0.3 is 20.3 Å². The van der Waals surface area contributed by atoms with Crippen molar-refractivity contribution in [3.8, 4) is 6.07 Å². The van der Waals surface area contributed by atoms with Crippen molar-refractivity contribution in [3.63, 3.8) is 0 Å². The molecule has 0 spiro atoms. The van der Waals surface area contributed by atoms with Gasteiger partial charge in [0.15, 0.2) is 0 Å². The Labute approximate surface area is 173 Å². The van der Waals surface area contributed by atoms with Gasteiger partial charge in [0.25, 0.3) is 0 Å². The Balaban J connectivity index is 0.00000280. The van der Waals surface area contributed by atoms with E-state index in [9.17, 15) is 9.59 Å². The predicted molar refractivity (Wildman–Crippen MR) is 108 cm³/mol. The van der Waals surface area contributed by atoms with Crippen LogP contribution in [-0.2, 0) is 9.53 Å². The molecule has 1 aliphatic heterocycles. The number of nitrogens with one attached hydrogen (secondary N) is 2. The summed E-state index contributed by atoms with van der Waals surface area (Å²) in [6.07, 6.45) is 5.27. The van der Waals surface area contributed by atoms with E-state index in [4.69, 9.17) is 10.00 Å². The van der Waals surface area contributed by atoms with Crippen LogP contribution in [0.4, 0.5) is 4.79 Å². The molecule has 8 heteroatoms. The lowest BCUT2D eigenvalue weighted by molar-refractivity contribution is -0.130. The third-order valence-electron chi connectivity index (χ3n) is 5.99. The van der Waals surface area contributed by atoms with Crippen molar-refractivity contribution >= 4 is 24.4 Å². The highest BCUT2D eigenvalue weighted by Gasteiger charge is 2.43. The molecule has 3 unspecified atom stereocenters. The number of ether oxygens (including phenoxy) is 1. The molecule has 158 valence electrons. The van der Waals surface area contributed by atoms with Crippen molar-refractivity contribution in [2.45, 2.75) is 83.0 Å². The summed E-state index contributed by atoms with van der Waals surface area (Å²) in [6, 6.07) is 2.31. The van der Waals surface area contributed by atoms with Gasteiger partial charge in [0, 0.05) is 18.1 Å². The second kappa shape index (κ2) is 9.32. The Hall–Kier alpha value is -1.52. The zero-order valence-corrected chi connectivity index (χ0v) is 17.9. The van der Waals surface area contributed by atoms with Crippen LogP contribution in [0.15, 0.2) is 0 Å². The van der Waals surface area contributed by atoms with Gasteiger partial charge in [-0.05, 0) is 71.1 Å². The van der Waals surface area contributed by atoms with Crippen molar-refractivity contribution in [2.24, 2.45) is 11.8 Å². The van der Waals surface area contributed by atoms with Gasteiger partial charge >= 0.3 is 6.09 Å². The van der Waals surface area contributed by atoms with Crippen molar-refractivity contribution in [3.05, 3.63) is 0 Å². The van der Waals surface area contributed by atoms with Crippen LogP contribution in [0.25, 0.3) is 0 Å². The summed E-state index contributed by atoms with van der Waals surface area (Å²) in [5.74, 6) is 1.16. The van der Waals surface area contributed by atoms with Gasteiger partial charge in [-0.1, -0.05) is 0 Å². The maximum absolute atomic E-state index is 12.4. The lowest BCUT2D eigenvalue weighted by atomic mass is 10.0. The molecule has 3 rings (SSSR count). The molecule has 1 heterocycles. The van der Waals surface area contributed by atoms with Crippen molar-refractivity contribution < 1.29 is 14.3 Å². The SMILES string of the molecule is CC(C)(C)NC(=O)OC1CC2CC(NCC(=O)N3CCCC3C#N)CC2C1.Cl. The Morgan fingerprint density at radius 2 is 1.82 bits per heavy atom. The topological polar surface area (TPSA) is 94.5 Å². The van der Waals surface area contributed by atoms with E-state index in [0.29, 0.717) is 31.0 Å². The zero-order chi connectivity index (χ0) is 19.6. The van der Waals surface area contributed by atoms with E-state index in [2.05, 4.69) is 16.7 Å². The molecule has 0 aromatic rings. The molecule has 3 aliphatic rings. The van der Waals surface area contributed by atoms with E-state index >= 15 is 0 Å². The number of carbonyl (C=O) groups excluding carboxylic acids is 2. The molecule has 0 radical (unpaired) electrons. The minimum atomic E-state index is -0.328. The molecular weight excluding hydrogens is 380 g/mol. The van der Waals surface area contributed by atoms with Crippen molar-refractivity contribution in [2.75, 3.05) is 13.1 Å². The maximum atomic E-state index is 12.4. The highest BCUT2D eigenvalue weighted by atomic mass is 35.5. The summed E-state index contributed by atoms with van der Waals surface area (Å²) < 4.78 is 5.59. The molecule has 7 nitrogen and oxygen atoms in total. The van der Waals surface area contributed by atoms with Gasteiger partial charge in [-0.2, -0.15) is 5.26 Å². The van der Waals surface area contributed by atoms with Crippen LogP contribution in [0.3, 0.4) is 0 Å². The minimum absolute atomic E-state index is 0. The number of alkyl carbamates (subject to hydrolysis) is 1. The number of nitriles is 1. The van der Waals surface area contributed by atoms with Crippen molar-refractivity contribution in [1.82, 2.24) is 15.5 Å². The molecule has 3 atom stereocenters. The van der Waals surface area contributed by atoms with Gasteiger partial charge in [0.05, 0.1) is 12.6 Å². The predicted octanol–water partition coefficient (Wildman–Crippen LogP) is 2.59. The summed E-state index contributed by atoms with van der Waals surface area (Å²) in [5.41, 5.74) is -0.285. The number of fused-ring (bicyclic) bond motifs is 1. The average Bonchev–Trinajstić information content (AvgIpc) is 3.24. The number of hydrogen-bond acceptors (Lipinski definition) is 5. The second-order valence-electron chi connectivity index (χ2n) is 9.32. The molecule has 2 N–H and O–H groups in total.